The van der Waals surface area contributed by atoms with Crippen molar-refractivity contribution in [2.75, 3.05) is 19.7 Å². The summed E-state index contributed by atoms with van der Waals surface area (Å²) in [6.45, 7) is 8.70. The molecule has 1 aromatic rings. The summed E-state index contributed by atoms with van der Waals surface area (Å²) in [5.41, 5.74) is -1.20. The average Bonchev–Trinajstić information content (AvgIpc) is 3.36. The fourth-order valence-corrected chi connectivity index (χ4v) is 6.75. The number of nitrogens with zero attached hydrogens (tertiary/aromatic N) is 2. The van der Waals surface area contributed by atoms with Crippen LogP contribution in [0, 0.1) is 17.8 Å². The molecule has 3 aliphatic heterocycles. The number of unbranched alkanes of at least 4 members (excludes halogenated alkanes) is 3. The number of carbonyl (C=O) groups is 3. The van der Waals surface area contributed by atoms with Crippen LogP contribution in [0.15, 0.2) is 43.0 Å². The molecule has 0 aromatic heterocycles. The van der Waals surface area contributed by atoms with Gasteiger partial charge in [0.15, 0.2) is 0 Å². The molecule has 2 amide bonds. The van der Waals surface area contributed by atoms with Gasteiger partial charge >= 0.3 is 5.97 Å². The molecule has 0 saturated carbocycles. The Bertz CT molecular complexity index is 999. The van der Waals surface area contributed by atoms with E-state index in [2.05, 4.69) is 6.58 Å². The Labute approximate surface area is 212 Å². The van der Waals surface area contributed by atoms with Crippen molar-refractivity contribution >= 4 is 17.8 Å². The van der Waals surface area contributed by atoms with Crippen molar-refractivity contribution in [1.29, 1.82) is 0 Å². The second-order valence-electron chi connectivity index (χ2n) is 10.7. The van der Waals surface area contributed by atoms with Crippen molar-refractivity contribution < 1.29 is 29.3 Å². The zero-order valence-electron chi connectivity index (χ0n) is 21.3. The van der Waals surface area contributed by atoms with Crippen LogP contribution in [0.25, 0.3) is 0 Å². The number of carboxylic acids is 1. The molecule has 4 rings (SSSR count). The highest BCUT2D eigenvalue weighted by Gasteiger charge is 2.80. The van der Waals surface area contributed by atoms with Gasteiger partial charge in [0, 0.05) is 26.2 Å². The van der Waals surface area contributed by atoms with Crippen LogP contribution in [0.1, 0.15) is 51.5 Å². The molecule has 2 N–H and O–H groups in total. The number of amides is 2. The van der Waals surface area contributed by atoms with E-state index in [-0.39, 0.29) is 24.3 Å². The van der Waals surface area contributed by atoms with Gasteiger partial charge in [-0.15, -0.1) is 6.58 Å². The second-order valence-corrected chi connectivity index (χ2v) is 10.7. The number of hydrogen-bond donors (Lipinski definition) is 2. The van der Waals surface area contributed by atoms with Crippen LogP contribution < -0.4 is 0 Å². The van der Waals surface area contributed by atoms with Crippen LogP contribution in [-0.4, -0.2) is 74.7 Å². The molecule has 3 aliphatic rings. The largest absolute Gasteiger partial charge is 0.481 e. The molecule has 36 heavy (non-hydrogen) atoms. The first kappa shape index (κ1) is 26.4. The van der Waals surface area contributed by atoms with Gasteiger partial charge in [0.2, 0.25) is 11.8 Å². The van der Waals surface area contributed by atoms with Crippen molar-refractivity contribution in [3.05, 3.63) is 48.6 Å². The summed E-state index contributed by atoms with van der Waals surface area (Å²) in [4.78, 5) is 43.9. The number of aliphatic carboxylic acids is 1. The van der Waals surface area contributed by atoms with E-state index in [1.807, 2.05) is 37.3 Å². The lowest BCUT2D eigenvalue weighted by atomic mass is 9.62. The SMILES string of the molecule is C=CCN(Cc1ccccc1)C(=O)C1N(CCCCCCO)C(=O)[C@@H]2[C@H](C(=O)O)[C@@]3(C)OC12CC3C. The lowest BCUT2D eigenvalue weighted by molar-refractivity contribution is -0.158. The summed E-state index contributed by atoms with van der Waals surface area (Å²) >= 11 is 0. The highest BCUT2D eigenvalue weighted by Crippen LogP contribution is 2.65. The van der Waals surface area contributed by atoms with Crippen molar-refractivity contribution in [2.24, 2.45) is 17.8 Å². The van der Waals surface area contributed by atoms with Gasteiger partial charge in [0.1, 0.15) is 17.6 Å². The first-order valence-electron chi connectivity index (χ1n) is 13.0. The Morgan fingerprint density at radius 3 is 2.56 bits per heavy atom. The van der Waals surface area contributed by atoms with Crippen molar-refractivity contribution in [2.45, 2.75) is 69.7 Å². The van der Waals surface area contributed by atoms with Gasteiger partial charge in [-0.3, -0.25) is 14.4 Å². The van der Waals surface area contributed by atoms with Crippen molar-refractivity contribution in [3.8, 4) is 0 Å². The minimum absolute atomic E-state index is 0.107. The van der Waals surface area contributed by atoms with Gasteiger partial charge in [-0.05, 0) is 37.7 Å². The monoisotopic (exact) mass is 498 g/mol. The number of aliphatic hydroxyl groups is 1. The molecule has 196 valence electrons. The number of likely N-dealkylation sites (tertiary alicyclic amines) is 1. The Morgan fingerprint density at radius 1 is 1.22 bits per heavy atom. The predicted octanol–water partition coefficient (Wildman–Crippen LogP) is 2.85. The Kier molecular flexibility index (Phi) is 7.57. The van der Waals surface area contributed by atoms with Gasteiger partial charge in [-0.1, -0.05) is 56.2 Å². The van der Waals surface area contributed by atoms with Crippen LogP contribution in [-0.2, 0) is 25.7 Å². The van der Waals surface area contributed by atoms with Gasteiger partial charge < -0.3 is 24.7 Å². The van der Waals surface area contributed by atoms with Crippen molar-refractivity contribution in [3.63, 3.8) is 0 Å². The van der Waals surface area contributed by atoms with Crippen molar-refractivity contribution in [1.82, 2.24) is 9.80 Å². The molecule has 6 atom stereocenters. The molecule has 0 radical (unpaired) electrons. The molecule has 0 aliphatic carbocycles. The summed E-state index contributed by atoms with van der Waals surface area (Å²) in [5.74, 6) is -3.56. The smallest absolute Gasteiger partial charge is 0.310 e. The van der Waals surface area contributed by atoms with E-state index in [9.17, 15) is 19.5 Å². The predicted molar refractivity (Wildman–Crippen MR) is 134 cm³/mol. The summed E-state index contributed by atoms with van der Waals surface area (Å²) in [7, 11) is 0. The van der Waals surface area contributed by atoms with E-state index in [1.54, 1.807) is 22.8 Å². The van der Waals surface area contributed by atoms with Gasteiger partial charge in [-0.2, -0.15) is 0 Å². The fraction of sp³-hybridized carbons (Fsp3) is 0.607. The van der Waals surface area contributed by atoms with Crippen LogP contribution in [0.4, 0.5) is 0 Å². The maximum atomic E-state index is 14.3. The number of carbonyl (C=O) groups excluding carboxylic acids is 2. The normalized spacial score (nSPS) is 32.5. The molecule has 3 heterocycles. The Balaban J connectivity index is 1.70. The molecular formula is C28H38N2O6. The number of rotatable bonds is 12. The molecule has 3 saturated heterocycles. The number of benzene rings is 1. The first-order chi connectivity index (χ1) is 17.2. The molecule has 1 aromatic carbocycles. The number of aliphatic hydroxyl groups excluding tert-OH is 1. The first-order valence-corrected chi connectivity index (χ1v) is 13.0. The standard InChI is InChI=1S/C28H38N2O6/c1-4-14-29(18-20-12-8-7-9-13-20)25(33)23-28-17-19(2)27(3,36-28)22(26(34)35)21(28)24(32)30(23)15-10-5-6-11-16-31/h4,7-9,12-13,19,21-23,31H,1,5-6,10-11,14-18H2,2-3H3,(H,34,35)/t19?,21-,22+,23?,27-,28?/m0/s1. The topological polar surface area (TPSA) is 107 Å². The van der Waals surface area contributed by atoms with E-state index in [0.717, 1.165) is 18.4 Å². The summed E-state index contributed by atoms with van der Waals surface area (Å²) < 4.78 is 6.57. The molecule has 8 nitrogen and oxygen atoms in total. The molecule has 3 fully saturated rings. The molecule has 2 bridgehead atoms. The lowest BCUT2D eigenvalue weighted by Gasteiger charge is -2.37. The van der Waals surface area contributed by atoms with Gasteiger partial charge in [-0.25, -0.2) is 0 Å². The second kappa shape index (κ2) is 10.3. The van der Waals surface area contributed by atoms with E-state index >= 15 is 0 Å². The van der Waals surface area contributed by atoms with Crippen LogP contribution in [0.5, 0.6) is 0 Å². The maximum absolute atomic E-state index is 14.3. The summed E-state index contributed by atoms with van der Waals surface area (Å²) in [6.07, 6.45) is 5.12. The summed E-state index contributed by atoms with van der Waals surface area (Å²) in [5, 5.41) is 19.3. The highest BCUT2D eigenvalue weighted by molar-refractivity contribution is 5.98. The molecular weight excluding hydrogens is 460 g/mol. The molecule has 1 spiro atoms. The minimum Gasteiger partial charge on any atom is -0.481 e. The van der Waals surface area contributed by atoms with E-state index in [0.29, 0.717) is 38.9 Å². The van der Waals surface area contributed by atoms with E-state index in [4.69, 9.17) is 9.84 Å². The third-order valence-electron chi connectivity index (χ3n) is 8.50. The zero-order valence-corrected chi connectivity index (χ0v) is 21.3. The lowest BCUT2D eigenvalue weighted by Crippen LogP contribution is -2.56. The third kappa shape index (κ3) is 4.24. The zero-order chi connectivity index (χ0) is 26.1. The quantitative estimate of drug-likeness (QED) is 0.339. The third-order valence-corrected chi connectivity index (χ3v) is 8.50. The van der Waals surface area contributed by atoms with Crippen LogP contribution in [0.2, 0.25) is 0 Å². The summed E-state index contributed by atoms with van der Waals surface area (Å²) in [6, 6.07) is 8.76. The number of fused-ring (bicyclic) bond motifs is 1. The fourth-order valence-electron chi connectivity index (χ4n) is 6.75. The van der Waals surface area contributed by atoms with E-state index in [1.165, 1.54) is 0 Å². The molecule has 3 unspecified atom stereocenters. The number of carboxylic acid groups (broad SMARTS) is 1. The maximum Gasteiger partial charge on any atom is 0.310 e. The highest BCUT2D eigenvalue weighted by atomic mass is 16.5. The number of ether oxygens (including phenoxy) is 1. The van der Waals surface area contributed by atoms with Crippen LogP contribution in [0.3, 0.4) is 0 Å². The number of hydrogen-bond acceptors (Lipinski definition) is 5. The molecule has 8 heteroatoms. The minimum atomic E-state index is -1.16. The van der Waals surface area contributed by atoms with E-state index < -0.39 is 35.0 Å². The Hall–Kier alpha value is -2.71. The Morgan fingerprint density at radius 2 is 1.92 bits per heavy atom. The van der Waals surface area contributed by atoms with Gasteiger partial charge in [0.05, 0.1) is 11.5 Å². The average molecular weight is 499 g/mol. The van der Waals surface area contributed by atoms with Gasteiger partial charge in [0.25, 0.3) is 0 Å². The van der Waals surface area contributed by atoms with Crippen LogP contribution >= 0.6 is 0 Å².